The van der Waals surface area contributed by atoms with Crippen LogP contribution in [0.5, 0.6) is 0 Å². The Hall–Kier alpha value is -2.60. The molecule has 0 unspecified atom stereocenters. The van der Waals surface area contributed by atoms with E-state index in [4.69, 9.17) is 11.6 Å². The molecule has 2 N–H and O–H groups in total. The molecule has 36 heavy (non-hydrogen) atoms. The van der Waals surface area contributed by atoms with Crippen molar-refractivity contribution in [2.24, 2.45) is 0 Å². The molecule has 192 valence electrons. The van der Waals surface area contributed by atoms with Gasteiger partial charge < -0.3 is 5.32 Å². The number of sulfonamides is 2. The maximum Gasteiger partial charge on any atom is 0.261 e. The lowest BCUT2D eigenvalue weighted by atomic mass is 10.2. The van der Waals surface area contributed by atoms with E-state index < -0.39 is 20.0 Å². The van der Waals surface area contributed by atoms with Crippen LogP contribution in [0.15, 0.2) is 76.1 Å². The van der Waals surface area contributed by atoms with Gasteiger partial charge in [0.1, 0.15) is 0 Å². The van der Waals surface area contributed by atoms with E-state index >= 15 is 0 Å². The molecule has 0 aliphatic heterocycles. The number of amides is 1. The van der Waals surface area contributed by atoms with Gasteiger partial charge in [0.2, 0.25) is 15.9 Å². The molecule has 0 aliphatic carbocycles. The Balaban J connectivity index is 1.59. The van der Waals surface area contributed by atoms with E-state index in [2.05, 4.69) is 26.0 Å². The van der Waals surface area contributed by atoms with Crippen molar-refractivity contribution in [3.63, 3.8) is 0 Å². The summed E-state index contributed by atoms with van der Waals surface area (Å²) in [6, 6.07) is 17.5. The molecule has 0 fully saturated rings. The molecular formula is C24H25BrClN3O5S2. The van der Waals surface area contributed by atoms with Gasteiger partial charge in [0.25, 0.3) is 10.0 Å². The number of halogens is 2. The van der Waals surface area contributed by atoms with E-state index in [1.165, 1.54) is 28.6 Å². The van der Waals surface area contributed by atoms with E-state index in [-0.39, 0.29) is 30.2 Å². The molecule has 0 bridgehead atoms. The largest absolute Gasteiger partial charge is 0.326 e. The van der Waals surface area contributed by atoms with E-state index in [0.29, 0.717) is 22.1 Å². The van der Waals surface area contributed by atoms with Gasteiger partial charge in [-0.25, -0.2) is 16.8 Å². The molecule has 0 spiro atoms. The van der Waals surface area contributed by atoms with Gasteiger partial charge in [0.05, 0.1) is 16.8 Å². The van der Waals surface area contributed by atoms with Crippen LogP contribution in [0.3, 0.4) is 0 Å². The van der Waals surface area contributed by atoms with Gasteiger partial charge in [0.15, 0.2) is 0 Å². The van der Waals surface area contributed by atoms with Gasteiger partial charge in [-0.3, -0.25) is 13.8 Å². The molecule has 3 aromatic rings. The number of nitrogens with one attached hydrogen (secondary N) is 2. The first-order chi connectivity index (χ1) is 16.8. The van der Waals surface area contributed by atoms with Gasteiger partial charge in [-0.15, -0.1) is 0 Å². The predicted molar refractivity (Wildman–Crippen MR) is 148 cm³/mol. The monoisotopic (exact) mass is 613 g/mol. The number of nitrogens with zero attached hydrogens (tertiary/aromatic N) is 1. The fourth-order valence-corrected chi connectivity index (χ4v) is 5.88. The number of carbonyl (C=O) groups excluding carboxylic acids is 1. The summed E-state index contributed by atoms with van der Waals surface area (Å²) in [4.78, 5) is 12.5. The first kappa shape index (κ1) is 28.0. The fourth-order valence-electron chi connectivity index (χ4n) is 3.37. The molecule has 0 radical (unpaired) electrons. The molecule has 0 atom stereocenters. The third kappa shape index (κ3) is 7.70. The standard InChI is InChI=1S/C24H25BrClN3O5S2/c1-17-5-8-19(26)16-23(17)29(35(2,31)32)15-3-4-24(30)27-20-11-13-22(14-12-20)36(33,34)28-21-9-6-18(25)7-10-21/h5-14,16,28H,3-4,15H2,1-2H3,(H,27,30). The Labute approximate surface area is 224 Å². The second-order valence-electron chi connectivity index (χ2n) is 8.05. The normalized spacial score (nSPS) is 11.7. The zero-order valence-corrected chi connectivity index (χ0v) is 23.5. The number of anilines is 3. The third-order valence-corrected chi connectivity index (χ3v) is 8.49. The van der Waals surface area contributed by atoms with Crippen molar-refractivity contribution in [3.05, 3.63) is 81.8 Å². The van der Waals surface area contributed by atoms with Crippen LogP contribution in [-0.4, -0.2) is 35.5 Å². The molecular weight excluding hydrogens is 590 g/mol. The lowest BCUT2D eigenvalue weighted by Gasteiger charge is -2.24. The lowest BCUT2D eigenvalue weighted by Crippen LogP contribution is -2.32. The molecule has 3 aromatic carbocycles. The first-order valence-electron chi connectivity index (χ1n) is 10.8. The lowest BCUT2D eigenvalue weighted by molar-refractivity contribution is -0.116. The summed E-state index contributed by atoms with van der Waals surface area (Å²) in [7, 11) is -7.37. The maximum atomic E-state index is 12.6. The Morgan fingerprint density at radius 3 is 2.17 bits per heavy atom. The Morgan fingerprint density at radius 2 is 1.56 bits per heavy atom. The summed E-state index contributed by atoms with van der Waals surface area (Å²) in [6.45, 7) is 1.89. The van der Waals surface area contributed by atoms with Crippen molar-refractivity contribution in [1.82, 2.24) is 0 Å². The summed E-state index contributed by atoms with van der Waals surface area (Å²) in [5, 5.41) is 3.12. The molecule has 8 nitrogen and oxygen atoms in total. The number of aryl methyl sites for hydroxylation is 1. The van der Waals surface area contributed by atoms with Crippen LogP contribution in [0.2, 0.25) is 5.02 Å². The maximum absolute atomic E-state index is 12.6. The second kappa shape index (κ2) is 11.6. The van der Waals surface area contributed by atoms with Crippen LogP contribution < -0.4 is 14.3 Å². The van der Waals surface area contributed by atoms with Gasteiger partial charge in [-0.1, -0.05) is 33.6 Å². The van der Waals surface area contributed by atoms with E-state index in [1.807, 2.05) is 0 Å². The number of rotatable bonds is 10. The van der Waals surface area contributed by atoms with Crippen molar-refractivity contribution in [2.45, 2.75) is 24.7 Å². The summed E-state index contributed by atoms with van der Waals surface area (Å²) >= 11 is 9.34. The minimum Gasteiger partial charge on any atom is -0.326 e. The van der Waals surface area contributed by atoms with E-state index in [9.17, 15) is 21.6 Å². The number of hydrogen-bond donors (Lipinski definition) is 2. The Bertz CT molecular complexity index is 1450. The van der Waals surface area contributed by atoms with Crippen LogP contribution in [0.1, 0.15) is 18.4 Å². The number of carbonyl (C=O) groups is 1. The smallest absolute Gasteiger partial charge is 0.261 e. The molecule has 12 heteroatoms. The zero-order valence-electron chi connectivity index (χ0n) is 19.5. The molecule has 3 rings (SSSR count). The van der Waals surface area contributed by atoms with E-state index in [0.717, 1.165) is 16.3 Å². The van der Waals surface area contributed by atoms with Crippen molar-refractivity contribution < 1.29 is 21.6 Å². The van der Waals surface area contributed by atoms with Crippen molar-refractivity contribution in [2.75, 3.05) is 27.1 Å². The Kier molecular flexibility index (Phi) is 9.04. The van der Waals surface area contributed by atoms with Crippen LogP contribution in [0, 0.1) is 6.92 Å². The van der Waals surface area contributed by atoms with Crippen LogP contribution in [-0.2, 0) is 24.8 Å². The van der Waals surface area contributed by atoms with Crippen molar-refractivity contribution >= 4 is 70.5 Å². The SMILES string of the molecule is Cc1ccc(Cl)cc1N(CCCC(=O)Nc1ccc(S(=O)(=O)Nc2ccc(Br)cc2)cc1)S(C)(=O)=O. The highest BCUT2D eigenvalue weighted by molar-refractivity contribution is 9.10. The summed E-state index contributed by atoms with van der Waals surface area (Å²) in [5.74, 6) is -0.324. The minimum absolute atomic E-state index is 0.0455. The molecule has 1 amide bonds. The summed E-state index contributed by atoms with van der Waals surface area (Å²) in [6.07, 6.45) is 1.44. The zero-order chi connectivity index (χ0) is 26.5. The van der Waals surface area contributed by atoms with Crippen LogP contribution in [0.25, 0.3) is 0 Å². The van der Waals surface area contributed by atoms with Crippen LogP contribution >= 0.6 is 27.5 Å². The van der Waals surface area contributed by atoms with Gasteiger partial charge in [-0.2, -0.15) is 0 Å². The fraction of sp³-hybridized carbons (Fsp3) is 0.208. The van der Waals surface area contributed by atoms with Gasteiger partial charge in [0, 0.05) is 33.8 Å². The highest BCUT2D eigenvalue weighted by Crippen LogP contribution is 2.27. The third-order valence-electron chi connectivity index (χ3n) is 5.15. The number of hydrogen-bond acceptors (Lipinski definition) is 5. The average molecular weight is 615 g/mol. The molecule has 0 aliphatic rings. The first-order valence-corrected chi connectivity index (χ1v) is 15.3. The summed E-state index contributed by atoms with van der Waals surface area (Å²) in [5.41, 5.74) is 2.07. The van der Waals surface area contributed by atoms with E-state index in [1.54, 1.807) is 49.4 Å². The number of benzene rings is 3. The van der Waals surface area contributed by atoms with Crippen molar-refractivity contribution in [3.8, 4) is 0 Å². The summed E-state index contributed by atoms with van der Waals surface area (Å²) < 4.78 is 54.4. The molecule has 0 saturated carbocycles. The van der Waals surface area contributed by atoms with Crippen molar-refractivity contribution in [1.29, 1.82) is 0 Å². The topological polar surface area (TPSA) is 113 Å². The minimum atomic E-state index is -3.79. The highest BCUT2D eigenvalue weighted by Gasteiger charge is 2.20. The average Bonchev–Trinajstić information content (AvgIpc) is 2.79. The Morgan fingerprint density at radius 1 is 0.944 bits per heavy atom. The molecule has 0 heterocycles. The van der Waals surface area contributed by atoms with Gasteiger partial charge >= 0.3 is 0 Å². The molecule has 0 saturated heterocycles. The van der Waals surface area contributed by atoms with Crippen LogP contribution in [0.4, 0.5) is 17.1 Å². The predicted octanol–water partition coefficient (Wildman–Crippen LogP) is 5.40. The highest BCUT2D eigenvalue weighted by atomic mass is 79.9. The molecule has 0 aromatic heterocycles. The quantitative estimate of drug-likeness (QED) is 0.318. The van der Waals surface area contributed by atoms with Gasteiger partial charge in [-0.05, 0) is 79.6 Å². The second-order valence-corrected chi connectivity index (χ2v) is 13.0.